The van der Waals surface area contributed by atoms with Crippen molar-refractivity contribution in [2.45, 2.75) is 85.3 Å². The van der Waals surface area contributed by atoms with Crippen LogP contribution < -0.4 is 5.32 Å². The van der Waals surface area contributed by atoms with Gasteiger partial charge in [0.25, 0.3) is 0 Å². The lowest BCUT2D eigenvalue weighted by Gasteiger charge is -2.49. The van der Waals surface area contributed by atoms with Crippen LogP contribution in [0, 0.1) is 35.0 Å². The first-order valence-corrected chi connectivity index (χ1v) is 11.3. The number of ketones is 2. The summed E-state index contributed by atoms with van der Waals surface area (Å²) in [6.07, 6.45) is 3.81. The van der Waals surface area contributed by atoms with Crippen LogP contribution in [-0.2, 0) is 14.4 Å². The van der Waals surface area contributed by atoms with Gasteiger partial charge in [0.05, 0.1) is 0 Å². The second-order valence-corrected chi connectivity index (χ2v) is 10.2. The van der Waals surface area contributed by atoms with Gasteiger partial charge < -0.3 is 10.4 Å². The van der Waals surface area contributed by atoms with Crippen molar-refractivity contribution in [3.8, 4) is 0 Å². The van der Waals surface area contributed by atoms with Crippen molar-refractivity contribution in [2.75, 3.05) is 0 Å². The molecule has 2 fully saturated rings. The van der Waals surface area contributed by atoms with Gasteiger partial charge in [0.2, 0.25) is 5.91 Å². The highest BCUT2D eigenvalue weighted by Crippen LogP contribution is 2.57. The maximum absolute atomic E-state index is 13.7. The number of carbonyl (C=O) groups excluding carboxylic acids is 3. The Hall–Kier alpha value is -1.49. The highest BCUT2D eigenvalue weighted by atomic mass is 16.3. The first kappa shape index (κ1) is 22.2. The van der Waals surface area contributed by atoms with Gasteiger partial charge in [-0.2, -0.15) is 0 Å². The topological polar surface area (TPSA) is 83.5 Å². The quantitative estimate of drug-likeness (QED) is 0.546. The van der Waals surface area contributed by atoms with Crippen LogP contribution in [0.15, 0.2) is 11.6 Å². The fourth-order valence-electron chi connectivity index (χ4n) is 6.19. The molecule has 5 heteroatoms. The molecule has 1 saturated heterocycles. The van der Waals surface area contributed by atoms with Crippen molar-refractivity contribution >= 4 is 17.5 Å². The third-order valence-corrected chi connectivity index (χ3v) is 7.78. The van der Waals surface area contributed by atoms with Gasteiger partial charge in [0.1, 0.15) is 17.3 Å². The molecule has 0 radical (unpaired) electrons. The zero-order valence-electron chi connectivity index (χ0n) is 18.5. The lowest BCUT2D eigenvalue weighted by Crippen LogP contribution is -2.55. The summed E-state index contributed by atoms with van der Waals surface area (Å²) in [5, 5.41) is 13.4. The molecule has 162 valence electrons. The Labute approximate surface area is 174 Å². The second kappa shape index (κ2) is 8.33. The van der Waals surface area contributed by atoms with E-state index < -0.39 is 11.5 Å². The SMILES string of the molecule is CC1=CC2CC(C)C(C)C3C(CC(C)C)NC(=O)C23C(=O)CCC(=O)C(O)CC1. The van der Waals surface area contributed by atoms with Crippen LogP contribution >= 0.6 is 0 Å². The average Bonchev–Trinajstić information content (AvgIpc) is 2.93. The minimum absolute atomic E-state index is 0.00757. The summed E-state index contributed by atoms with van der Waals surface area (Å²) in [6.45, 7) is 10.7. The molecule has 0 aromatic heterocycles. The minimum Gasteiger partial charge on any atom is -0.385 e. The van der Waals surface area contributed by atoms with E-state index in [4.69, 9.17) is 0 Å². The second-order valence-electron chi connectivity index (χ2n) is 10.2. The Balaban J connectivity index is 2.12. The number of aliphatic hydroxyl groups is 1. The lowest BCUT2D eigenvalue weighted by atomic mass is 9.51. The normalized spacial score (nSPS) is 41.3. The fourth-order valence-corrected chi connectivity index (χ4v) is 6.19. The molecule has 7 atom stereocenters. The molecule has 3 rings (SSSR count). The predicted molar refractivity (Wildman–Crippen MR) is 112 cm³/mol. The smallest absolute Gasteiger partial charge is 0.234 e. The fraction of sp³-hybridized carbons (Fsp3) is 0.792. The van der Waals surface area contributed by atoms with Crippen molar-refractivity contribution in [3.63, 3.8) is 0 Å². The largest absolute Gasteiger partial charge is 0.385 e. The highest BCUT2D eigenvalue weighted by molar-refractivity contribution is 6.09. The van der Waals surface area contributed by atoms with Gasteiger partial charge in [-0.15, -0.1) is 0 Å². The first-order valence-electron chi connectivity index (χ1n) is 11.3. The summed E-state index contributed by atoms with van der Waals surface area (Å²) in [4.78, 5) is 39.6. The summed E-state index contributed by atoms with van der Waals surface area (Å²) in [7, 11) is 0. The van der Waals surface area contributed by atoms with Gasteiger partial charge in [-0.3, -0.25) is 14.4 Å². The number of hydrogen-bond acceptors (Lipinski definition) is 4. The van der Waals surface area contributed by atoms with Crippen LogP contribution in [0.3, 0.4) is 0 Å². The van der Waals surface area contributed by atoms with E-state index in [9.17, 15) is 19.5 Å². The average molecular weight is 404 g/mol. The molecule has 2 N–H and O–H groups in total. The number of amides is 1. The van der Waals surface area contributed by atoms with Gasteiger partial charge in [-0.25, -0.2) is 0 Å². The van der Waals surface area contributed by atoms with Crippen molar-refractivity contribution in [1.29, 1.82) is 0 Å². The molecule has 1 heterocycles. The minimum atomic E-state index is -1.08. The third kappa shape index (κ3) is 3.83. The summed E-state index contributed by atoms with van der Waals surface area (Å²) in [5.41, 5.74) is -0.0287. The number of Topliss-reactive ketones (excluding diaryl/α,β-unsaturated/α-hetero) is 2. The van der Waals surface area contributed by atoms with Crippen LogP contribution in [0.2, 0.25) is 0 Å². The van der Waals surface area contributed by atoms with Crippen molar-refractivity contribution in [1.82, 2.24) is 5.32 Å². The molecule has 1 saturated carbocycles. The number of aliphatic hydroxyl groups excluding tert-OH is 1. The van der Waals surface area contributed by atoms with E-state index in [0.717, 1.165) is 18.4 Å². The lowest BCUT2D eigenvalue weighted by molar-refractivity contribution is -0.151. The monoisotopic (exact) mass is 403 g/mol. The molecule has 29 heavy (non-hydrogen) atoms. The Kier molecular flexibility index (Phi) is 6.38. The molecule has 0 aromatic carbocycles. The number of rotatable bonds is 2. The summed E-state index contributed by atoms with van der Waals surface area (Å²) < 4.78 is 0. The van der Waals surface area contributed by atoms with Crippen LogP contribution in [-0.4, -0.2) is 34.7 Å². The third-order valence-electron chi connectivity index (χ3n) is 7.78. The summed E-state index contributed by atoms with van der Waals surface area (Å²) >= 11 is 0. The van der Waals surface area contributed by atoms with Crippen LogP contribution in [0.5, 0.6) is 0 Å². The van der Waals surface area contributed by atoms with Gasteiger partial charge in [0.15, 0.2) is 5.78 Å². The van der Waals surface area contributed by atoms with E-state index in [1.54, 1.807) is 0 Å². The van der Waals surface area contributed by atoms with Gasteiger partial charge >= 0.3 is 0 Å². The van der Waals surface area contributed by atoms with E-state index in [1.165, 1.54) is 0 Å². The Bertz CT molecular complexity index is 712. The van der Waals surface area contributed by atoms with Gasteiger partial charge in [-0.05, 0) is 56.3 Å². The molecule has 5 nitrogen and oxygen atoms in total. The van der Waals surface area contributed by atoms with Crippen molar-refractivity contribution in [3.05, 3.63) is 11.6 Å². The van der Waals surface area contributed by atoms with Crippen LogP contribution in [0.25, 0.3) is 0 Å². The molecule has 1 amide bonds. The van der Waals surface area contributed by atoms with E-state index in [1.807, 2.05) is 6.92 Å². The number of allylic oxidation sites excluding steroid dienone is 2. The van der Waals surface area contributed by atoms with E-state index in [-0.39, 0.29) is 54.1 Å². The summed E-state index contributed by atoms with van der Waals surface area (Å²) in [5.74, 6) is 0.349. The number of nitrogens with one attached hydrogen (secondary N) is 1. The Morgan fingerprint density at radius 2 is 1.86 bits per heavy atom. The van der Waals surface area contributed by atoms with E-state index in [0.29, 0.717) is 24.7 Å². The molecule has 2 aliphatic carbocycles. The molecule has 1 aliphatic heterocycles. The van der Waals surface area contributed by atoms with E-state index in [2.05, 4.69) is 39.1 Å². The molecule has 0 aromatic rings. The van der Waals surface area contributed by atoms with Crippen molar-refractivity contribution in [2.24, 2.45) is 35.0 Å². The van der Waals surface area contributed by atoms with Gasteiger partial charge in [-0.1, -0.05) is 39.3 Å². The van der Waals surface area contributed by atoms with Gasteiger partial charge in [0, 0.05) is 24.8 Å². The highest BCUT2D eigenvalue weighted by Gasteiger charge is 2.66. The number of hydrogen-bond donors (Lipinski definition) is 2. The standard InChI is InChI=1S/C24H37NO4/c1-13(2)10-18-22-16(5)15(4)12-17-11-14(3)6-7-19(26)20(27)8-9-21(28)24(17,22)23(29)25-18/h11,13,15-19,22,26H,6-10,12H2,1-5H3,(H,25,29). The summed E-state index contributed by atoms with van der Waals surface area (Å²) in [6, 6.07) is -0.00757. The van der Waals surface area contributed by atoms with Crippen LogP contribution in [0.1, 0.15) is 73.1 Å². The molecular weight excluding hydrogens is 366 g/mol. The Morgan fingerprint density at radius 1 is 1.17 bits per heavy atom. The molecule has 7 unspecified atom stereocenters. The maximum Gasteiger partial charge on any atom is 0.234 e. The predicted octanol–water partition coefficient (Wildman–Crippen LogP) is 3.45. The molecule has 3 aliphatic rings. The molecule has 1 spiro atoms. The molecule has 0 bridgehead atoms. The Morgan fingerprint density at radius 3 is 2.52 bits per heavy atom. The maximum atomic E-state index is 13.7. The van der Waals surface area contributed by atoms with Crippen molar-refractivity contribution < 1.29 is 19.5 Å². The zero-order chi connectivity index (χ0) is 21.5. The van der Waals surface area contributed by atoms with E-state index >= 15 is 0 Å². The first-order chi connectivity index (χ1) is 13.6. The zero-order valence-corrected chi connectivity index (χ0v) is 18.5. The number of carbonyl (C=O) groups is 3. The molecular formula is C24H37NO4. The van der Waals surface area contributed by atoms with Crippen LogP contribution in [0.4, 0.5) is 0 Å².